The van der Waals surface area contributed by atoms with E-state index in [0.29, 0.717) is 12.1 Å². The first-order valence-electron chi connectivity index (χ1n) is 4.07. The summed E-state index contributed by atoms with van der Waals surface area (Å²) in [7, 11) is 0. The fourth-order valence-corrected chi connectivity index (χ4v) is 1.09. The summed E-state index contributed by atoms with van der Waals surface area (Å²) >= 11 is 0. The van der Waals surface area contributed by atoms with Gasteiger partial charge in [-0.25, -0.2) is 4.39 Å². The van der Waals surface area contributed by atoms with E-state index in [1.54, 1.807) is 0 Å². The van der Waals surface area contributed by atoms with Crippen molar-refractivity contribution in [2.75, 3.05) is 0 Å². The van der Waals surface area contributed by atoms with Gasteiger partial charge in [0.1, 0.15) is 5.82 Å². The summed E-state index contributed by atoms with van der Waals surface area (Å²) in [6.07, 6.45) is -6.78. The second-order valence-corrected chi connectivity index (χ2v) is 3.04. The van der Waals surface area contributed by atoms with Crippen LogP contribution in [0.2, 0.25) is 0 Å². The zero-order valence-electron chi connectivity index (χ0n) is 7.75. The Morgan fingerprint density at radius 3 is 2.38 bits per heavy atom. The Bertz CT molecular complexity index is 416. The molecule has 1 aromatic carbocycles. The van der Waals surface area contributed by atoms with E-state index in [0.717, 1.165) is 6.07 Å². The Morgan fingerprint density at radius 1 is 1.38 bits per heavy atom. The molecule has 1 rings (SSSR count). The number of aliphatic hydroxyl groups excluding tert-OH is 1. The summed E-state index contributed by atoms with van der Waals surface area (Å²) in [6, 6.07) is 1.73. The fourth-order valence-electron chi connectivity index (χ4n) is 1.09. The molecule has 0 saturated carbocycles. The molecule has 1 amide bonds. The predicted octanol–water partition coefficient (Wildman–Crippen LogP) is 1.36. The van der Waals surface area contributed by atoms with Crippen molar-refractivity contribution in [3.05, 3.63) is 35.1 Å². The summed E-state index contributed by atoms with van der Waals surface area (Å²) in [6.45, 7) is 0. The third-order valence-electron chi connectivity index (χ3n) is 1.88. The number of alkyl halides is 3. The molecular weight excluding hydrogens is 230 g/mol. The minimum atomic E-state index is -4.89. The van der Waals surface area contributed by atoms with Gasteiger partial charge in [-0.1, -0.05) is 6.07 Å². The first-order valence-corrected chi connectivity index (χ1v) is 4.07. The molecule has 3 N–H and O–H groups in total. The van der Waals surface area contributed by atoms with Crippen LogP contribution in [-0.4, -0.2) is 11.0 Å². The highest BCUT2D eigenvalue weighted by Gasteiger charge is 2.34. The van der Waals surface area contributed by atoms with Crippen LogP contribution < -0.4 is 5.73 Å². The first kappa shape index (κ1) is 12.4. The highest BCUT2D eigenvalue weighted by atomic mass is 19.4. The van der Waals surface area contributed by atoms with E-state index in [9.17, 15) is 22.4 Å². The molecule has 1 unspecified atom stereocenters. The number of primary amides is 1. The Kier molecular flexibility index (Phi) is 3.18. The highest BCUT2D eigenvalue weighted by molar-refractivity contribution is 5.80. The molecule has 0 fully saturated rings. The van der Waals surface area contributed by atoms with Gasteiger partial charge in [0.2, 0.25) is 0 Å². The van der Waals surface area contributed by atoms with Crippen molar-refractivity contribution in [1.29, 1.82) is 0 Å². The maximum atomic E-state index is 12.8. The molecule has 0 aliphatic heterocycles. The first-order chi connectivity index (χ1) is 7.23. The van der Waals surface area contributed by atoms with Crippen LogP contribution in [0.4, 0.5) is 17.6 Å². The Hall–Kier alpha value is -1.63. The molecule has 0 radical (unpaired) electrons. The summed E-state index contributed by atoms with van der Waals surface area (Å²) in [5.41, 5.74) is 2.75. The number of nitrogens with two attached hydrogens (primary N) is 1. The molecule has 3 nitrogen and oxygen atoms in total. The lowest BCUT2D eigenvalue weighted by molar-refractivity contribution is -0.140. The number of carbonyl (C=O) groups excluding carboxylic acids is 1. The Labute approximate surface area is 87.5 Å². The smallest absolute Gasteiger partial charge is 0.378 e. The van der Waals surface area contributed by atoms with Gasteiger partial charge in [-0.2, -0.15) is 13.2 Å². The minimum absolute atomic E-state index is 0.352. The molecular formula is C9H7F4NO2. The van der Waals surface area contributed by atoms with Gasteiger partial charge in [0, 0.05) is 0 Å². The normalized spacial score (nSPS) is 13.6. The van der Waals surface area contributed by atoms with Crippen LogP contribution in [0.3, 0.4) is 0 Å². The molecule has 7 heteroatoms. The van der Waals surface area contributed by atoms with E-state index in [4.69, 9.17) is 10.8 Å². The van der Waals surface area contributed by atoms with Gasteiger partial charge in [0.05, 0.1) is 5.56 Å². The Morgan fingerprint density at radius 2 is 1.94 bits per heavy atom. The van der Waals surface area contributed by atoms with Crippen LogP contribution in [0.1, 0.15) is 17.2 Å². The number of rotatable bonds is 2. The fraction of sp³-hybridized carbons (Fsp3) is 0.222. The largest absolute Gasteiger partial charge is 0.419 e. The van der Waals surface area contributed by atoms with Gasteiger partial charge < -0.3 is 10.8 Å². The SMILES string of the molecule is NC(=O)C(O)c1ccc(F)c(C(F)(F)F)c1. The van der Waals surface area contributed by atoms with E-state index in [1.807, 2.05) is 0 Å². The number of aliphatic hydroxyl groups is 1. The van der Waals surface area contributed by atoms with Gasteiger partial charge in [0.25, 0.3) is 5.91 Å². The number of hydrogen-bond acceptors (Lipinski definition) is 2. The van der Waals surface area contributed by atoms with Crippen LogP contribution >= 0.6 is 0 Å². The molecule has 16 heavy (non-hydrogen) atoms. The van der Waals surface area contributed by atoms with E-state index < -0.39 is 35.1 Å². The zero-order chi connectivity index (χ0) is 12.5. The van der Waals surface area contributed by atoms with Crippen molar-refractivity contribution in [3.8, 4) is 0 Å². The van der Waals surface area contributed by atoms with Crippen molar-refractivity contribution in [3.63, 3.8) is 0 Å². The van der Waals surface area contributed by atoms with Crippen molar-refractivity contribution in [1.82, 2.24) is 0 Å². The van der Waals surface area contributed by atoms with Crippen molar-refractivity contribution >= 4 is 5.91 Å². The highest BCUT2D eigenvalue weighted by Crippen LogP contribution is 2.32. The van der Waals surface area contributed by atoms with E-state index in [-0.39, 0.29) is 0 Å². The van der Waals surface area contributed by atoms with E-state index in [1.165, 1.54) is 0 Å². The lowest BCUT2D eigenvalue weighted by Gasteiger charge is -2.12. The minimum Gasteiger partial charge on any atom is -0.378 e. The van der Waals surface area contributed by atoms with Gasteiger partial charge in [-0.15, -0.1) is 0 Å². The summed E-state index contributed by atoms with van der Waals surface area (Å²) in [5.74, 6) is -2.69. The van der Waals surface area contributed by atoms with E-state index >= 15 is 0 Å². The average Bonchev–Trinajstić information content (AvgIpc) is 2.15. The maximum absolute atomic E-state index is 12.8. The van der Waals surface area contributed by atoms with Crippen LogP contribution in [-0.2, 0) is 11.0 Å². The van der Waals surface area contributed by atoms with Crippen LogP contribution in [0, 0.1) is 5.82 Å². The molecule has 0 aliphatic carbocycles. The molecule has 0 saturated heterocycles. The summed E-state index contributed by atoms with van der Waals surface area (Å²) < 4.78 is 49.6. The van der Waals surface area contributed by atoms with Gasteiger partial charge in [-0.05, 0) is 17.7 Å². The summed E-state index contributed by atoms with van der Waals surface area (Å²) in [4.78, 5) is 10.5. The molecule has 0 spiro atoms. The van der Waals surface area contributed by atoms with Crippen molar-refractivity contribution in [2.24, 2.45) is 5.73 Å². The molecule has 0 heterocycles. The monoisotopic (exact) mass is 237 g/mol. The number of hydrogen-bond donors (Lipinski definition) is 2. The van der Waals surface area contributed by atoms with Crippen molar-refractivity contribution < 1.29 is 27.5 Å². The molecule has 0 aliphatic rings. The van der Waals surface area contributed by atoms with Gasteiger partial charge >= 0.3 is 6.18 Å². The Balaban J connectivity index is 3.23. The third-order valence-corrected chi connectivity index (χ3v) is 1.88. The lowest BCUT2D eigenvalue weighted by atomic mass is 10.0. The maximum Gasteiger partial charge on any atom is 0.419 e. The molecule has 1 aromatic rings. The predicted molar refractivity (Wildman–Crippen MR) is 45.6 cm³/mol. The number of halogens is 4. The molecule has 0 bridgehead atoms. The standard InChI is InChI=1S/C9H7F4NO2/c10-6-2-1-4(7(15)8(14)16)3-5(6)9(11,12)13/h1-3,7,15H,(H2,14,16). The number of benzene rings is 1. The summed E-state index contributed by atoms with van der Waals surface area (Å²) in [5, 5.41) is 9.11. The van der Waals surface area contributed by atoms with Gasteiger partial charge in [0.15, 0.2) is 6.10 Å². The van der Waals surface area contributed by atoms with Crippen molar-refractivity contribution in [2.45, 2.75) is 12.3 Å². The topological polar surface area (TPSA) is 63.3 Å². The zero-order valence-corrected chi connectivity index (χ0v) is 7.75. The number of carbonyl (C=O) groups is 1. The molecule has 88 valence electrons. The van der Waals surface area contributed by atoms with Crippen LogP contribution in [0.5, 0.6) is 0 Å². The van der Waals surface area contributed by atoms with Crippen LogP contribution in [0.15, 0.2) is 18.2 Å². The van der Waals surface area contributed by atoms with Crippen LogP contribution in [0.25, 0.3) is 0 Å². The van der Waals surface area contributed by atoms with E-state index in [2.05, 4.69) is 0 Å². The quantitative estimate of drug-likeness (QED) is 0.763. The second kappa shape index (κ2) is 4.09. The lowest BCUT2D eigenvalue weighted by Crippen LogP contribution is -2.21. The van der Waals surface area contributed by atoms with Gasteiger partial charge in [-0.3, -0.25) is 4.79 Å². The molecule has 0 aromatic heterocycles. The second-order valence-electron chi connectivity index (χ2n) is 3.04. The molecule has 1 atom stereocenters. The third kappa shape index (κ3) is 2.48. The number of amides is 1. The average molecular weight is 237 g/mol.